The maximum Gasteiger partial charge on any atom is 0.246 e. The molecule has 1 heterocycles. The van der Waals surface area contributed by atoms with Crippen LogP contribution in [0.15, 0.2) is 17.6 Å². The summed E-state index contributed by atoms with van der Waals surface area (Å²) in [5.41, 5.74) is 0.595. The Hall–Kier alpha value is -0.970. The number of aromatic nitrogens is 2. The fourth-order valence-corrected chi connectivity index (χ4v) is 1.02. The Morgan fingerprint density at radius 3 is 2.18 bits per heavy atom. The van der Waals surface area contributed by atoms with E-state index in [1.807, 2.05) is 0 Å². The zero-order chi connectivity index (χ0) is 8.48. The predicted molar refractivity (Wildman–Crippen MR) is 39.6 cm³/mol. The Morgan fingerprint density at radius 2 is 1.82 bits per heavy atom. The minimum absolute atomic E-state index is 0.162. The number of hydrogen-bond acceptors (Lipinski definition) is 4. The maximum absolute atomic E-state index is 10.8. The third kappa shape index (κ3) is 1.98. The second-order valence-corrected chi connectivity index (χ2v) is 4.06. The average molecular weight is 171 g/mol. The Labute approximate surface area is 65.2 Å². The molecule has 1 aromatic rings. The molecule has 0 atom stereocenters. The SMILES string of the molecule is [CH2]c1cnc(S(C)(=O)=O)nc1. The van der Waals surface area contributed by atoms with Crippen molar-refractivity contribution in [3.05, 3.63) is 24.9 Å². The van der Waals surface area contributed by atoms with Crippen molar-refractivity contribution in [2.24, 2.45) is 0 Å². The van der Waals surface area contributed by atoms with Crippen molar-refractivity contribution in [2.45, 2.75) is 5.16 Å². The molecule has 0 N–H and O–H groups in total. The molecule has 0 aliphatic heterocycles. The van der Waals surface area contributed by atoms with E-state index in [0.29, 0.717) is 5.56 Å². The van der Waals surface area contributed by atoms with Gasteiger partial charge in [0.15, 0.2) is 0 Å². The predicted octanol–water partition coefficient (Wildman–Crippen LogP) is 0.0623. The van der Waals surface area contributed by atoms with Crippen LogP contribution in [-0.4, -0.2) is 24.6 Å². The molecule has 0 saturated carbocycles. The van der Waals surface area contributed by atoms with Crippen molar-refractivity contribution in [2.75, 3.05) is 6.26 Å². The fraction of sp³-hybridized carbons (Fsp3) is 0.167. The second kappa shape index (κ2) is 2.58. The number of rotatable bonds is 1. The van der Waals surface area contributed by atoms with E-state index in [1.165, 1.54) is 12.4 Å². The first kappa shape index (κ1) is 8.13. The van der Waals surface area contributed by atoms with Gasteiger partial charge in [-0.3, -0.25) is 0 Å². The highest BCUT2D eigenvalue weighted by molar-refractivity contribution is 7.90. The van der Waals surface area contributed by atoms with E-state index in [9.17, 15) is 8.42 Å². The van der Waals surface area contributed by atoms with Crippen LogP contribution in [0.1, 0.15) is 5.56 Å². The molecule has 1 radical (unpaired) electrons. The molecule has 0 spiro atoms. The van der Waals surface area contributed by atoms with E-state index in [1.54, 1.807) is 0 Å². The first-order valence-electron chi connectivity index (χ1n) is 2.84. The Bertz CT molecular complexity index is 341. The molecule has 59 valence electrons. The molecule has 1 aromatic heterocycles. The van der Waals surface area contributed by atoms with Gasteiger partial charge in [-0.2, -0.15) is 0 Å². The van der Waals surface area contributed by atoms with Gasteiger partial charge in [-0.15, -0.1) is 0 Å². The van der Waals surface area contributed by atoms with E-state index in [4.69, 9.17) is 0 Å². The summed E-state index contributed by atoms with van der Waals surface area (Å²) in [4.78, 5) is 7.18. The number of hydrogen-bond donors (Lipinski definition) is 0. The van der Waals surface area contributed by atoms with Crippen LogP contribution in [0.25, 0.3) is 0 Å². The molecule has 4 nitrogen and oxygen atoms in total. The van der Waals surface area contributed by atoms with Crippen molar-refractivity contribution in [1.29, 1.82) is 0 Å². The Morgan fingerprint density at radius 1 is 1.36 bits per heavy atom. The summed E-state index contributed by atoms with van der Waals surface area (Å²) in [6.07, 6.45) is 3.79. The minimum atomic E-state index is -3.27. The molecule has 0 amide bonds. The number of nitrogens with zero attached hydrogens (tertiary/aromatic N) is 2. The van der Waals surface area contributed by atoms with E-state index >= 15 is 0 Å². The first-order chi connectivity index (χ1) is 5.00. The molecule has 0 aliphatic rings. The monoisotopic (exact) mass is 171 g/mol. The van der Waals surface area contributed by atoms with Crippen LogP contribution < -0.4 is 0 Å². The molecule has 0 bridgehead atoms. The lowest BCUT2D eigenvalue weighted by atomic mass is 10.4. The average Bonchev–Trinajstić information content (AvgIpc) is 1.86. The van der Waals surface area contributed by atoms with Gasteiger partial charge in [-0.05, 0) is 12.5 Å². The molecule has 0 fully saturated rings. The molecule has 0 aromatic carbocycles. The quantitative estimate of drug-likeness (QED) is 0.561. The molecule has 11 heavy (non-hydrogen) atoms. The highest BCUT2D eigenvalue weighted by atomic mass is 32.2. The summed E-state index contributed by atoms with van der Waals surface area (Å²) >= 11 is 0. The molecular weight excluding hydrogens is 164 g/mol. The van der Waals surface area contributed by atoms with Crippen LogP contribution in [0.5, 0.6) is 0 Å². The summed E-state index contributed by atoms with van der Waals surface area (Å²) in [5, 5.41) is -0.162. The van der Waals surface area contributed by atoms with Gasteiger partial charge in [0.2, 0.25) is 15.0 Å². The van der Waals surface area contributed by atoms with Crippen molar-refractivity contribution < 1.29 is 8.42 Å². The second-order valence-electron chi connectivity index (χ2n) is 2.15. The standard InChI is InChI=1S/C6H7N2O2S/c1-5-3-7-6(8-4-5)11(2,9)10/h3-4H,1H2,2H3. The summed E-state index contributed by atoms with van der Waals surface area (Å²) in [5.74, 6) is 0. The highest BCUT2D eigenvalue weighted by Crippen LogP contribution is 1.99. The van der Waals surface area contributed by atoms with Crippen LogP contribution in [0.3, 0.4) is 0 Å². The summed E-state index contributed by atoms with van der Waals surface area (Å²) in [6.45, 7) is 3.52. The minimum Gasteiger partial charge on any atom is -0.227 e. The lowest BCUT2D eigenvalue weighted by Crippen LogP contribution is -2.03. The third-order valence-electron chi connectivity index (χ3n) is 1.01. The molecule has 1 rings (SSSR count). The zero-order valence-electron chi connectivity index (χ0n) is 5.98. The molecular formula is C6H7N2O2S. The van der Waals surface area contributed by atoms with Gasteiger partial charge in [0, 0.05) is 18.6 Å². The van der Waals surface area contributed by atoms with Crippen molar-refractivity contribution >= 4 is 9.84 Å². The zero-order valence-corrected chi connectivity index (χ0v) is 6.80. The topological polar surface area (TPSA) is 59.9 Å². The van der Waals surface area contributed by atoms with E-state index in [-0.39, 0.29) is 5.16 Å². The highest BCUT2D eigenvalue weighted by Gasteiger charge is 2.08. The fourth-order valence-electron chi connectivity index (χ4n) is 0.534. The van der Waals surface area contributed by atoms with Gasteiger partial charge in [0.25, 0.3) is 0 Å². The first-order valence-corrected chi connectivity index (χ1v) is 4.73. The van der Waals surface area contributed by atoms with Gasteiger partial charge < -0.3 is 0 Å². The van der Waals surface area contributed by atoms with Crippen molar-refractivity contribution in [3.8, 4) is 0 Å². The maximum atomic E-state index is 10.8. The summed E-state index contributed by atoms with van der Waals surface area (Å²) in [6, 6.07) is 0. The summed E-state index contributed by atoms with van der Waals surface area (Å²) < 4.78 is 21.6. The van der Waals surface area contributed by atoms with Crippen molar-refractivity contribution in [1.82, 2.24) is 9.97 Å². The Kier molecular flexibility index (Phi) is 1.90. The third-order valence-corrected chi connectivity index (χ3v) is 1.89. The lowest BCUT2D eigenvalue weighted by molar-refractivity contribution is 0.593. The van der Waals surface area contributed by atoms with Gasteiger partial charge in [0.05, 0.1) is 0 Å². The van der Waals surface area contributed by atoms with Crippen LogP contribution in [0, 0.1) is 6.92 Å². The van der Waals surface area contributed by atoms with Crippen LogP contribution >= 0.6 is 0 Å². The van der Waals surface area contributed by atoms with Gasteiger partial charge >= 0.3 is 0 Å². The van der Waals surface area contributed by atoms with Crippen molar-refractivity contribution in [3.63, 3.8) is 0 Å². The molecule has 5 heteroatoms. The van der Waals surface area contributed by atoms with E-state index in [2.05, 4.69) is 16.9 Å². The van der Waals surface area contributed by atoms with E-state index < -0.39 is 9.84 Å². The molecule has 0 saturated heterocycles. The van der Waals surface area contributed by atoms with Crippen LogP contribution in [0.4, 0.5) is 0 Å². The molecule has 0 unspecified atom stereocenters. The van der Waals surface area contributed by atoms with E-state index in [0.717, 1.165) is 6.26 Å². The largest absolute Gasteiger partial charge is 0.246 e. The van der Waals surface area contributed by atoms with Gasteiger partial charge in [0.1, 0.15) is 0 Å². The van der Waals surface area contributed by atoms with Crippen LogP contribution in [-0.2, 0) is 9.84 Å². The van der Waals surface area contributed by atoms with Gasteiger partial charge in [-0.25, -0.2) is 18.4 Å². The van der Waals surface area contributed by atoms with Gasteiger partial charge in [-0.1, -0.05) is 0 Å². The summed E-state index contributed by atoms with van der Waals surface area (Å²) in [7, 11) is -3.27. The van der Waals surface area contributed by atoms with Crippen LogP contribution in [0.2, 0.25) is 0 Å². The Balaban J connectivity index is 3.20. The lowest BCUT2D eigenvalue weighted by Gasteiger charge is -1.94. The normalized spacial score (nSPS) is 11.5. The molecule has 0 aliphatic carbocycles. The number of sulfone groups is 1. The smallest absolute Gasteiger partial charge is 0.227 e.